The van der Waals surface area contributed by atoms with Gasteiger partial charge in [0.1, 0.15) is 0 Å². The molecule has 214 valence electrons. The second kappa shape index (κ2) is 9.88. The highest BCUT2D eigenvalue weighted by Crippen LogP contribution is 2.52. The Kier molecular flexibility index (Phi) is 6.16. The third kappa shape index (κ3) is 4.20. The highest BCUT2D eigenvalue weighted by Gasteiger charge is 2.38. The van der Waals surface area contributed by atoms with Gasteiger partial charge in [-0.25, -0.2) is 0 Å². The van der Waals surface area contributed by atoms with Crippen LogP contribution in [0.4, 0.5) is 0 Å². The third-order valence-corrected chi connectivity index (χ3v) is 13.3. The van der Waals surface area contributed by atoms with Gasteiger partial charge in [0, 0.05) is 53.8 Å². The average Bonchev–Trinajstić information content (AvgIpc) is 3.83. The normalized spacial score (nSPS) is 19.5. The lowest BCUT2D eigenvalue weighted by atomic mass is 9.82. The van der Waals surface area contributed by atoms with Crippen molar-refractivity contribution in [1.82, 2.24) is 9.97 Å². The summed E-state index contributed by atoms with van der Waals surface area (Å²) in [7, 11) is 0.712. The fourth-order valence-corrected chi connectivity index (χ4v) is 10.6. The standard InChI is InChI=1S/C39H37N2PS/c1-38(2)32-22-18-28(40-32)34(24-12-7-5-8-13-24)30-20-21-31(43-30)35(25-14-9-6-10-15-25)29-19-23-33(41-29)39(3,4)37-27-17-11-16-26(27)36(38)42-37/h5-10,12-15,18-23,40-42H,11,16-17H2,1-4H3/b34-30-,35-31-. The number of benzene rings is 2. The van der Waals surface area contributed by atoms with Crippen molar-refractivity contribution in [1.29, 1.82) is 0 Å². The Bertz CT molecular complexity index is 1950. The highest BCUT2D eigenvalue weighted by molar-refractivity contribution is 7.32. The first-order chi connectivity index (χ1) is 20.8. The zero-order valence-electron chi connectivity index (χ0n) is 25.3. The summed E-state index contributed by atoms with van der Waals surface area (Å²) >= 11 is 1.88. The molecule has 0 radical (unpaired) electrons. The van der Waals surface area contributed by atoms with Crippen molar-refractivity contribution >= 4 is 30.7 Å². The smallest absolute Gasteiger partial charge is 0.0476 e. The van der Waals surface area contributed by atoms with Crippen LogP contribution in [0.15, 0.2) is 97.1 Å². The maximum Gasteiger partial charge on any atom is 0.0476 e. The fraction of sp³-hybridized carbons (Fsp3) is 0.231. The predicted octanol–water partition coefficient (Wildman–Crippen LogP) is 8.38. The molecule has 8 rings (SSSR count). The number of aromatic amines is 2. The van der Waals surface area contributed by atoms with Crippen LogP contribution in [0.3, 0.4) is 0 Å². The molecular weight excluding hydrogens is 559 g/mol. The molecule has 2 aromatic carbocycles. The summed E-state index contributed by atoms with van der Waals surface area (Å²) in [5, 5.41) is 3.26. The Labute approximate surface area is 259 Å². The first-order valence-corrected chi connectivity index (χ1v) is 17.2. The van der Waals surface area contributed by atoms with E-state index in [0.717, 1.165) is 0 Å². The summed E-state index contributed by atoms with van der Waals surface area (Å²) < 4.78 is 2.54. The molecule has 1 aliphatic heterocycles. The average molecular weight is 597 g/mol. The first-order valence-electron chi connectivity index (χ1n) is 15.4. The van der Waals surface area contributed by atoms with Gasteiger partial charge in [-0.05, 0) is 116 Å². The summed E-state index contributed by atoms with van der Waals surface area (Å²) in [6.07, 6.45) is 3.67. The van der Waals surface area contributed by atoms with Crippen LogP contribution < -0.4 is 9.06 Å². The minimum atomic E-state index is -0.0753. The number of fused-ring (bicyclic) bond motifs is 11. The molecule has 2 aliphatic rings. The van der Waals surface area contributed by atoms with Gasteiger partial charge < -0.3 is 9.97 Å². The summed E-state index contributed by atoms with van der Waals surface area (Å²) in [5.41, 5.74) is 13.1. The van der Waals surface area contributed by atoms with Crippen LogP contribution in [0.1, 0.15) is 89.7 Å². The lowest BCUT2D eigenvalue weighted by Gasteiger charge is -2.27. The second-order valence-electron chi connectivity index (χ2n) is 13.2. The minimum absolute atomic E-state index is 0.0753. The van der Waals surface area contributed by atoms with Crippen molar-refractivity contribution in [3.05, 3.63) is 162 Å². The van der Waals surface area contributed by atoms with Gasteiger partial charge in [-0.1, -0.05) is 60.7 Å². The molecule has 0 atom stereocenters. The van der Waals surface area contributed by atoms with Crippen LogP contribution in [0, 0.1) is 0 Å². The van der Waals surface area contributed by atoms with Crippen molar-refractivity contribution in [2.75, 3.05) is 0 Å². The molecule has 8 bridgehead atoms. The molecule has 4 heteroatoms. The fourth-order valence-electron chi connectivity index (χ4n) is 7.40. The maximum absolute atomic E-state index is 3.97. The molecule has 0 saturated carbocycles. The Morgan fingerprint density at radius 1 is 0.558 bits per heavy atom. The van der Waals surface area contributed by atoms with Crippen LogP contribution in [0.5, 0.6) is 0 Å². The summed E-state index contributed by atoms with van der Waals surface area (Å²) in [6.45, 7) is 9.75. The summed E-state index contributed by atoms with van der Waals surface area (Å²) in [5.74, 6) is 0. The Balaban J connectivity index is 1.50. The Morgan fingerprint density at radius 3 is 1.44 bits per heavy atom. The summed E-state index contributed by atoms with van der Waals surface area (Å²) in [6, 6.07) is 35.7. The molecule has 6 aromatic rings. The molecular formula is C39H37N2PS. The van der Waals surface area contributed by atoms with Crippen LogP contribution in [-0.4, -0.2) is 9.97 Å². The zero-order valence-corrected chi connectivity index (χ0v) is 27.1. The van der Waals surface area contributed by atoms with E-state index in [1.54, 1.807) is 21.7 Å². The van der Waals surface area contributed by atoms with E-state index in [1.165, 1.54) is 73.4 Å². The topological polar surface area (TPSA) is 31.6 Å². The number of hydrogen-bond acceptors (Lipinski definition) is 1. The molecule has 0 amide bonds. The van der Waals surface area contributed by atoms with Crippen molar-refractivity contribution in [3.63, 3.8) is 0 Å². The van der Waals surface area contributed by atoms with Gasteiger partial charge in [0.05, 0.1) is 0 Å². The van der Waals surface area contributed by atoms with Gasteiger partial charge in [-0.15, -0.1) is 19.5 Å². The van der Waals surface area contributed by atoms with Gasteiger partial charge >= 0.3 is 0 Å². The zero-order chi connectivity index (χ0) is 29.3. The third-order valence-electron chi connectivity index (χ3n) is 9.80. The molecule has 1 aliphatic carbocycles. The van der Waals surface area contributed by atoms with E-state index in [-0.39, 0.29) is 10.8 Å². The van der Waals surface area contributed by atoms with E-state index in [4.69, 9.17) is 0 Å². The number of hydrogen-bond donors (Lipinski definition) is 2. The molecule has 0 unspecified atom stereocenters. The molecule has 43 heavy (non-hydrogen) atoms. The second-order valence-corrected chi connectivity index (χ2v) is 15.5. The van der Waals surface area contributed by atoms with E-state index >= 15 is 0 Å². The maximum atomic E-state index is 3.97. The van der Waals surface area contributed by atoms with Gasteiger partial charge in [0.15, 0.2) is 0 Å². The van der Waals surface area contributed by atoms with Crippen molar-refractivity contribution in [2.45, 2.75) is 57.8 Å². The van der Waals surface area contributed by atoms with Crippen LogP contribution in [0.25, 0.3) is 11.1 Å². The van der Waals surface area contributed by atoms with Gasteiger partial charge in [0.25, 0.3) is 0 Å². The van der Waals surface area contributed by atoms with Crippen molar-refractivity contribution < 1.29 is 0 Å². The molecule has 5 heterocycles. The number of nitrogens with one attached hydrogen (secondary N) is 2. The predicted molar refractivity (Wildman–Crippen MR) is 183 cm³/mol. The summed E-state index contributed by atoms with van der Waals surface area (Å²) in [4.78, 5) is 7.94. The number of aromatic nitrogens is 2. The van der Waals surface area contributed by atoms with Crippen LogP contribution in [0.2, 0.25) is 0 Å². The van der Waals surface area contributed by atoms with E-state index in [0.29, 0.717) is 8.19 Å². The quantitative estimate of drug-likeness (QED) is 0.201. The number of H-pyrrole nitrogens is 2. The van der Waals surface area contributed by atoms with Crippen molar-refractivity contribution in [2.24, 2.45) is 0 Å². The lowest BCUT2D eigenvalue weighted by molar-refractivity contribution is 0.626. The Morgan fingerprint density at radius 2 is 1.00 bits per heavy atom. The van der Waals surface area contributed by atoms with Crippen LogP contribution >= 0.6 is 19.5 Å². The Hall–Kier alpha value is -3.78. The van der Waals surface area contributed by atoms with Crippen LogP contribution in [-0.2, 0) is 23.7 Å². The van der Waals surface area contributed by atoms with E-state index < -0.39 is 0 Å². The molecule has 0 saturated heterocycles. The van der Waals surface area contributed by atoms with Gasteiger partial charge in [-0.3, -0.25) is 0 Å². The molecule has 2 N–H and O–H groups in total. The van der Waals surface area contributed by atoms with E-state index in [1.807, 2.05) is 11.3 Å². The number of rotatable bonds is 2. The van der Waals surface area contributed by atoms with Crippen molar-refractivity contribution in [3.8, 4) is 0 Å². The molecule has 0 fully saturated rings. The van der Waals surface area contributed by atoms with Gasteiger partial charge in [0.2, 0.25) is 0 Å². The monoisotopic (exact) mass is 596 g/mol. The first kappa shape index (κ1) is 26.8. The SMILES string of the molecule is CC1(C)c2ccc([nH]2)/C(c2ccccc2)=c2/cc/c(s2)=C(\c2ccccc2)c2ccc([nH]2)C(C)(C)c2[pH]c1c1c2CCC1. The highest BCUT2D eigenvalue weighted by atomic mass is 32.1. The lowest BCUT2D eigenvalue weighted by Crippen LogP contribution is -2.20. The number of thiophene rings is 1. The van der Waals surface area contributed by atoms with Gasteiger partial charge in [-0.2, -0.15) is 0 Å². The minimum Gasteiger partial charge on any atom is -0.358 e. The van der Waals surface area contributed by atoms with E-state index in [2.05, 4.69) is 135 Å². The molecule has 0 spiro atoms. The largest absolute Gasteiger partial charge is 0.358 e. The van der Waals surface area contributed by atoms with E-state index in [9.17, 15) is 0 Å². The molecule has 4 aromatic heterocycles. The molecule has 2 nitrogen and oxygen atoms in total.